The van der Waals surface area contributed by atoms with Crippen LogP contribution in [0.15, 0.2) is 29.2 Å². The molecule has 2 atom stereocenters. The Morgan fingerprint density at radius 1 is 1.25 bits per heavy atom. The molecule has 2 aliphatic rings. The molecule has 132 valence electrons. The maximum absolute atomic E-state index is 12.6. The Balaban J connectivity index is 1.65. The summed E-state index contributed by atoms with van der Waals surface area (Å²) in [5, 5.41) is 0.198. The van der Waals surface area contributed by atoms with Crippen LogP contribution in [0.2, 0.25) is 5.02 Å². The van der Waals surface area contributed by atoms with Crippen LogP contribution >= 0.6 is 11.6 Å². The number of benzene rings is 1. The Kier molecular flexibility index (Phi) is 5.47. The van der Waals surface area contributed by atoms with Crippen molar-refractivity contribution in [2.24, 2.45) is 0 Å². The molecule has 0 radical (unpaired) electrons. The first-order valence-corrected chi connectivity index (χ1v) is 10.4. The molecular formula is C17H22ClNO4S. The zero-order valence-corrected chi connectivity index (χ0v) is 15.1. The van der Waals surface area contributed by atoms with Crippen molar-refractivity contribution in [3.8, 4) is 0 Å². The fourth-order valence-corrected chi connectivity index (χ4v) is 5.38. The van der Waals surface area contributed by atoms with Crippen LogP contribution in [0.25, 0.3) is 0 Å². The second-order valence-electron chi connectivity index (χ2n) is 6.35. The lowest BCUT2D eigenvalue weighted by Gasteiger charge is -2.43. The zero-order valence-electron chi connectivity index (χ0n) is 13.5. The van der Waals surface area contributed by atoms with Crippen LogP contribution in [0.1, 0.15) is 32.1 Å². The molecule has 0 bridgehead atoms. The van der Waals surface area contributed by atoms with Gasteiger partial charge in [0.15, 0.2) is 9.84 Å². The maximum atomic E-state index is 12.6. The number of amides is 1. The molecule has 1 aromatic rings. The van der Waals surface area contributed by atoms with E-state index in [0.29, 0.717) is 13.2 Å². The highest BCUT2D eigenvalue weighted by Crippen LogP contribution is 2.29. The molecule has 2 unspecified atom stereocenters. The van der Waals surface area contributed by atoms with E-state index in [1.165, 1.54) is 6.07 Å². The van der Waals surface area contributed by atoms with Gasteiger partial charge in [-0.15, -0.1) is 0 Å². The Hall–Kier alpha value is -1.11. The highest BCUT2D eigenvalue weighted by atomic mass is 35.5. The number of carbonyl (C=O) groups is 1. The van der Waals surface area contributed by atoms with E-state index in [2.05, 4.69) is 0 Å². The van der Waals surface area contributed by atoms with Gasteiger partial charge in [0.1, 0.15) is 0 Å². The number of sulfone groups is 1. The minimum atomic E-state index is -3.56. The van der Waals surface area contributed by atoms with E-state index in [1.807, 2.05) is 4.90 Å². The molecule has 1 aromatic carbocycles. The highest BCUT2D eigenvalue weighted by molar-refractivity contribution is 7.91. The Morgan fingerprint density at radius 2 is 2.00 bits per heavy atom. The van der Waals surface area contributed by atoms with E-state index < -0.39 is 9.84 Å². The fraction of sp³-hybridized carbons (Fsp3) is 0.588. The summed E-state index contributed by atoms with van der Waals surface area (Å²) in [5.74, 6) is -0.324. The van der Waals surface area contributed by atoms with Gasteiger partial charge >= 0.3 is 0 Å². The third kappa shape index (κ3) is 3.76. The zero-order chi connectivity index (χ0) is 17.2. The van der Waals surface area contributed by atoms with Crippen molar-refractivity contribution in [3.05, 3.63) is 29.3 Å². The molecule has 1 aliphatic carbocycles. The predicted octanol–water partition coefficient (Wildman–Crippen LogP) is 2.67. The summed E-state index contributed by atoms with van der Waals surface area (Å²) < 4.78 is 30.6. The summed E-state index contributed by atoms with van der Waals surface area (Å²) in [6, 6.07) is 6.44. The molecule has 1 heterocycles. The largest absolute Gasteiger partial charge is 0.374 e. The van der Waals surface area contributed by atoms with E-state index in [0.717, 1.165) is 25.7 Å². The van der Waals surface area contributed by atoms with Crippen molar-refractivity contribution in [3.63, 3.8) is 0 Å². The third-order valence-electron chi connectivity index (χ3n) is 4.81. The summed E-state index contributed by atoms with van der Waals surface area (Å²) in [5.41, 5.74) is 0. The summed E-state index contributed by atoms with van der Waals surface area (Å²) >= 11 is 5.97. The summed E-state index contributed by atoms with van der Waals surface area (Å²) in [6.07, 6.45) is 4.23. The van der Waals surface area contributed by atoms with E-state index in [1.54, 1.807) is 18.2 Å². The summed E-state index contributed by atoms with van der Waals surface area (Å²) in [7, 11) is -3.56. The number of carbonyl (C=O) groups excluding carboxylic acids is 1. The third-order valence-corrected chi connectivity index (χ3v) is 7.02. The second-order valence-corrected chi connectivity index (χ2v) is 8.83. The number of nitrogens with zero attached hydrogens (tertiary/aromatic N) is 1. The van der Waals surface area contributed by atoms with Crippen molar-refractivity contribution in [1.82, 2.24) is 4.90 Å². The topological polar surface area (TPSA) is 63.7 Å². The van der Waals surface area contributed by atoms with Crippen LogP contribution in [0.5, 0.6) is 0 Å². The lowest BCUT2D eigenvalue weighted by Crippen LogP contribution is -2.55. The molecule has 0 N–H and O–H groups in total. The number of rotatable bonds is 4. The SMILES string of the molecule is O=C(CCS(=O)(=O)c1ccccc1Cl)N1CCOC2CCCCC21. The van der Waals surface area contributed by atoms with E-state index in [9.17, 15) is 13.2 Å². The molecule has 7 heteroatoms. The molecule has 1 amide bonds. The van der Waals surface area contributed by atoms with Crippen molar-refractivity contribution in [2.45, 2.75) is 49.1 Å². The normalized spacial score (nSPS) is 24.5. The standard InChI is InChI=1S/C17H22ClNO4S/c18-13-5-1-4-8-16(13)24(21,22)12-9-17(20)19-10-11-23-15-7-3-2-6-14(15)19/h1,4-5,8,14-15H,2-3,6-7,9-12H2. The van der Waals surface area contributed by atoms with Crippen LogP contribution in [0.4, 0.5) is 0 Å². The van der Waals surface area contributed by atoms with Gasteiger partial charge in [0, 0.05) is 13.0 Å². The van der Waals surface area contributed by atoms with Gasteiger partial charge in [0.05, 0.1) is 34.4 Å². The monoisotopic (exact) mass is 371 g/mol. The average Bonchev–Trinajstić information content (AvgIpc) is 2.59. The number of halogens is 1. The molecular weight excluding hydrogens is 350 g/mol. The lowest BCUT2D eigenvalue weighted by atomic mass is 9.90. The van der Waals surface area contributed by atoms with Gasteiger partial charge in [0.2, 0.25) is 5.91 Å². The molecule has 3 rings (SSSR count). The van der Waals surface area contributed by atoms with Crippen LogP contribution in [-0.4, -0.2) is 50.3 Å². The highest BCUT2D eigenvalue weighted by Gasteiger charge is 2.36. The molecule has 2 fully saturated rings. The van der Waals surface area contributed by atoms with Crippen LogP contribution < -0.4 is 0 Å². The first-order chi connectivity index (χ1) is 11.5. The predicted molar refractivity (Wildman–Crippen MR) is 91.8 cm³/mol. The van der Waals surface area contributed by atoms with Gasteiger partial charge in [0.25, 0.3) is 0 Å². The molecule has 5 nitrogen and oxygen atoms in total. The van der Waals surface area contributed by atoms with Crippen molar-refractivity contribution in [2.75, 3.05) is 18.9 Å². The molecule has 0 aromatic heterocycles. The summed E-state index contributed by atoms with van der Waals surface area (Å²) in [4.78, 5) is 14.5. The van der Waals surface area contributed by atoms with Gasteiger partial charge in [-0.2, -0.15) is 0 Å². The van der Waals surface area contributed by atoms with Crippen molar-refractivity contribution < 1.29 is 17.9 Å². The van der Waals surface area contributed by atoms with Crippen LogP contribution in [0, 0.1) is 0 Å². The van der Waals surface area contributed by atoms with E-state index in [4.69, 9.17) is 16.3 Å². The Morgan fingerprint density at radius 3 is 2.79 bits per heavy atom. The van der Waals surface area contributed by atoms with Crippen molar-refractivity contribution >= 4 is 27.3 Å². The number of fused-ring (bicyclic) bond motifs is 1. The quantitative estimate of drug-likeness (QED) is 0.816. The van der Waals surface area contributed by atoms with E-state index >= 15 is 0 Å². The Bertz CT molecular complexity index is 704. The first-order valence-electron chi connectivity index (χ1n) is 8.37. The van der Waals surface area contributed by atoms with Gasteiger partial charge < -0.3 is 9.64 Å². The van der Waals surface area contributed by atoms with Crippen LogP contribution in [-0.2, 0) is 19.4 Å². The molecule has 0 spiro atoms. The average molecular weight is 372 g/mol. The molecule has 1 aliphatic heterocycles. The minimum absolute atomic E-state index is 0.0171. The second kappa shape index (κ2) is 7.42. The van der Waals surface area contributed by atoms with Crippen LogP contribution in [0.3, 0.4) is 0 Å². The maximum Gasteiger partial charge on any atom is 0.224 e. The minimum Gasteiger partial charge on any atom is -0.374 e. The first kappa shape index (κ1) is 17.7. The van der Waals surface area contributed by atoms with Gasteiger partial charge in [-0.05, 0) is 25.0 Å². The molecule has 1 saturated carbocycles. The van der Waals surface area contributed by atoms with Gasteiger partial charge in [-0.25, -0.2) is 8.42 Å². The number of hydrogen-bond acceptors (Lipinski definition) is 4. The molecule has 1 saturated heterocycles. The Labute approximate surface area is 147 Å². The lowest BCUT2D eigenvalue weighted by molar-refractivity contribution is -0.149. The van der Waals surface area contributed by atoms with Gasteiger partial charge in [-0.1, -0.05) is 36.6 Å². The van der Waals surface area contributed by atoms with Gasteiger partial charge in [-0.3, -0.25) is 4.79 Å². The fourth-order valence-electron chi connectivity index (χ4n) is 3.58. The smallest absolute Gasteiger partial charge is 0.224 e. The van der Waals surface area contributed by atoms with Crippen molar-refractivity contribution in [1.29, 1.82) is 0 Å². The number of morpholine rings is 1. The number of ether oxygens (including phenoxy) is 1. The molecule has 24 heavy (non-hydrogen) atoms. The summed E-state index contributed by atoms with van der Waals surface area (Å²) in [6.45, 7) is 1.08. The number of hydrogen-bond donors (Lipinski definition) is 0. The van der Waals surface area contributed by atoms with E-state index in [-0.39, 0.29) is 40.1 Å².